The summed E-state index contributed by atoms with van der Waals surface area (Å²) in [5.74, 6) is -1.11. The van der Waals surface area contributed by atoms with E-state index >= 15 is 0 Å². The monoisotopic (exact) mass is 478 g/mol. The molecule has 0 saturated carbocycles. The second-order valence-corrected chi connectivity index (χ2v) is 10.6. The number of allylic oxidation sites excluding steroid dienone is 6. The fourth-order valence-corrected chi connectivity index (χ4v) is 4.80. The van der Waals surface area contributed by atoms with Crippen molar-refractivity contribution in [2.24, 2.45) is 5.41 Å². The van der Waals surface area contributed by atoms with Gasteiger partial charge < -0.3 is 14.9 Å². The molecule has 0 unspecified atom stereocenters. The Bertz CT molecular complexity index is 1070. The Hall–Kier alpha value is -2.76. The van der Waals surface area contributed by atoms with Crippen LogP contribution in [0.15, 0.2) is 76.6 Å². The van der Waals surface area contributed by atoms with Crippen LogP contribution in [-0.2, 0) is 14.3 Å². The third-order valence-corrected chi connectivity index (χ3v) is 6.84. The van der Waals surface area contributed by atoms with E-state index in [1.54, 1.807) is 6.08 Å². The number of carbonyl (C=O) groups excluding carboxylic acids is 2. The number of ether oxygens (including phenoxy) is 1. The molecule has 0 bridgehead atoms. The average molecular weight is 479 g/mol. The first-order valence-corrected chi connectivity index (χ1v) is 12.3. The number of rotatable bonds is 7. The highest BCUT2D eigenvalue weighted by molar-refractivity contribution is 6.23. The molecule has 1 aromatic rings. The Morgan fingerprint density at radius 3 is 1.94 bits per heavy atom. The summed E-state index contributed by atoms with van der Waals surface area (Å²) in [5.41, 5.74) is 0.242. The molecule has 188 valence electrons. The van der Waals surface area contributed by atoms with E-state index in [2.05, 4.69) is 0 Å². The second kappa shape index (κ2) is 10.5. The fraction of sp³-hybridized carbons (Fsp3) is 0.467. The van der Waals surface area contributed by atoms with Crippen molar-refractivity contribution >= 4 is 11.6 Å². The van der Waals surface area contributed by atoms with Crippen LogP contribution in [0, 0.1) is 5.41 Å². The van der Waals surface area contributed by atoms with Crippen LogP contribution in [-0.4, -0.2) is 33.5 Å². The maximum absolute atomic E-state index is 14.3. The Kier molecular flexibility index (Phi) is 8.03. The van der Waals surface area contributed by atoms with Crippen molar-refractivity contribution in [2.75, 3.05) is 0 Å². The highest BCUT2D eigenvalue weighted by atomic mass is 16.5. The second-order valence-electron chi connectivity index (χ2n) is 10.6. The molecular formula is C30H38O5. The first kappa shape index (κ1) is 26.8. The Balaban J connectivity index is 2.29. The van der Waals surface area contributed by atoms with Crippen molar-refractivity contribution in [3.05, 3.63) is 82.2 Å². The lowest BCUT2D eigenvalue weighted by Crippen LogP contribution is -2.61. The van der Waals surface area contributed by atoms with Crippen molar-refractivity contribution in [1.29, 1.82) is 0 Å². The molecule has 5 nitrogen and oxygen atoms in total. The molecule has 1 aliphatic carbocycles. The van der Waals surface area contributed by atoms with Gasteiger partial charge in [0.25, 0.3) is 0 Å². The third-order valence-electron chi connectivity index (χ3n) is 6.84. The van der Waals surface area contributed by atoms with Crippen molar-refractivity contribution < 1.29 is 24.5 Å². The number of Topliss-reactive ketones (excluding diaryl/α,β-unsaturated/α-hetero) is 2. The predicted molar refractivity (Wildman–Crippen MR) is 137 cm³/mol. The fourth-order valence-electron chi connectivity index (χ4n) is 4.80. The molecule has 1 aromatic carbocycles. The summed E-state index contributed by atoms with van der Waals surface area (Å²) in [5, 5.41) is 22.9. The largest absolute Gasteiger partial charge is 0.488 e. The SMILES string of the molecule is CC(C)=CCC1(CC=C(C)C)C(=O)[C@@](O)(CC=C(C)C)C(=O)C2=C1O[C@H](c1ccccc1)C[C@H]2O. The molecule has 3 rings (SSSR count). The van der Waals surface area contributed by atoms with E-state index in [1.165, 1.54) is 0 Å². The van der Waals surface area contributed by atoms with Gasteiger partial charge >= 0.3 is 0 Å². The van der Waals surface area contributed by atoms with Crippen molar-refractivity contribution in [3.63, 3.8) is 0 Å². The Morgan fingerprint density at radius 1 is 0.914 bits per heavy atom. The van der Waals surface area contributed by atoms with Crippen LogP contribution in [0.2, 0.25) is 0 Å². The zero-order valence-electron chi connectivity index (χ0n) is 21.7. The standard InChI is InChI=1S/C30H38O5/c1-19(2)12-15-29(16-13-20(3)4)27-25(26(32)30(34,28(29)33)17-14-21(5)6)23(31)18-24(35-27)22-10-8-7-9-11-22/h7-14,23-24,31,34H,15-18H2,1-6H3/t23-,24+,30-/m1/s1. The van der Waals surface area contributed by atoms with Crippen LogP contribution >= 0.6 is 0 Å². The third kappa shape index (κ3) is 5.26. The maximum atomic E-state index is 14.3. The van der Waals surface area contributed by atoms with E-state index in [0.717, 1.165) is 22.3 Å². The van der Waals surface area contributed by atoms with Crippen molar-refractivity contribution in [1.82, 2.24) is 0 Å². The Labute approximate surface area is 208 Å². The van der Waals surface area contributed by atoms with Gasteiger partial charge in [0, 0.05) is 12.8 Å². The summed E-state index contributed by atoms with van der Waals surface area (Å²) in [6, 6.07) is 9.51. The molecule has 0 spiro atoms. The number of benzene rings is 1. The summed E-state index contributed by atoms with van der Waals surface area (Å²) in [7, 11) is 0. The zero-order chi connectivity index (χ0) is 26.0. The van der Waals surface area contributed by atoms with E-state index in [1.807, 2.05) is 84.0 Å². The minimum atomic E-state index is -2.26. The molecule has 2 aliphatic rings. The van der Waals surface area contributed by atoms with Crippen LogP contribution in [0.3, 0.4) is 0 Å². The maximum Gasteiger partial charge on any atom is 0.204 e. The average Bonchev–Trinajstić information content (AvgIpc) is 2.81. The number of hydrogen-bond acceptors (Lipinski definition) is 5. The van der Waals surface area contributed by atoms with Gasteiger partial charge in [-0.25, -0.2) is 0 Å². The quantitative estimate of drug-likeness (QED) is 0.388. The van der Waals surface area contributed by atoms with E-state index in [0.29, 0.717) is 0 Å². The van der Waals surface area contributed by atoms with Gasteiger partial charge in [-0.2, -0.15) is 0 Å². The van der Waals surface area contributed by atoms with Crippen LogP contribution < -0.4 is 0 Å². The van der Waals surface area contributed by atoms with E-state index in [4.69, 9.17) is 4.74 Å². The lowest BCUT2D eigenvalue weighted by Gasteiger charge is -2.48. The molecule has 1 heterocycles. The highest BCUT2D eigenvalue weighted by Gasteiger charge is 2.63. The first-order chi connectivity index (χ1) is 16.4. The van der Waals surface area contributed by atoms with Gasteiger partial charge in [-0.15, -0.1) is 0 Å². The molecule has 0 amide bonds. The minimum absolute atomic E-state index is 0.0331. The van der Waals surface area contributed by atoms with Crippen molar-refractivity contribution in [3.8, 4) is 0 Å². The zero-order valence-corrected chi connectivity index (χ0v) is 21.7. The van der Waals surface area contributed by atoms with E-state index < -0.39 is 34.8 Å². The molecule has 0 saturated heterocycles. The molecule has 1 aliphatic heterocycles. The summed E-state index contributed by atoms with van der Waals surface area (Å²) in [6.45, 7) is 11.5. The van der Waals surface area contributed by atoms with Crippen LogP contribution in [0.4, 0.5) is 0 Å². The van der Waals surface area contributed by atoms with Gasteiger partial charge in [0.15, 0.2) is 11.4 Å². The Morgan fingerprint density at radius 2 is 1.43 bits per heavy atom. The van der Waals surface area contributed by atoms with Crippen molar-refractivity contribution in [2.45, 2.75) is 85.0 Å². The topological polar surface area (TPSA) is 83.8 Å². The van der Waals surface area contributed by atoms with Crippen LogP contribution in [0.25, 0.3) is 0 Å². The van der Waals surface area contributed by atoms with Gasteiger partial charge in [-0.1, -0.05) is 65.3 Å². The number of hydrogen-bond donors (Lipinski definition) is 2. The number of aliphatic hydroxyl groups excluding tert-OH is 1. The van der Waals surface area contributed by atoms with Gasteiger partial charge in [-0.3, -0.25) is 9.59 Å². The van der Waals surface area contributed by atoms with Crippen LogP contribution in [0.1, 0.15) is 78.9 Å². The molecule has 2 N–H and O–H groups in total. The molecular weight excluding hydrogens is 440 g/mol. The molecule has 35 heavy (non-hydrogen) atoms. The number of carbonyl (C=O) groups is 2. The van der Waals surface area contributed by atoms with E-state index in [9.17, 15) is 19.8 Å². The van der Waals surface area contributed by atoms with Gasteiger partial charge in [0.05, 0.1) is 17.1 Å². The molecule has 0 radical (unpaired) electrons. The first-order valence-electron chi connectivity index (χ1n) is 12.3. The highest BCUT2D eigenvalue weighted by Crippen LogP contribution is 2.53. The molecule has 5 heteroatoms. The van der Waals surface area contributed by atoms with Gasteiger partial charge in [0.1, 0.15) is 11.9 Å². The smallest absolute Gasteiger partial charge is 0.204 e. The summed E-state index contributed by atoms with van der Waals surface area (Å²) < 4.78 is 6.48. The summed E-state index contributed by atoms with van der Waals surface area (Å²) in [4.78, 5) is 28.0. The normalized spacial score (nSPS) is 25.4. The predicted octanol–water partition coefficient (Wildman–Crippen LogP) is 5.70. The molecule has 0 aromatic heterocycles. The number of ketones is 2. The molecule has 3 atom stereocenters. The summed E-state index contributed by atoms with van der Waals surface area (Å²) >= 11 is 0. The van der Waals surface area contributed by atoms with Gasteiger partial charge in [-0.05, 0) is 59.9 Å². The lowest BCUT2D eigenvalue weighted by atomic mass is 9.60. The number of aliphatic hydroxyl groups is 2. The van der Waals surface area contributed by atoms with Crippen LogP contribution in [0.5, 0.6) is 0 Å². The summed E-state index contributed by atoms with van der Waals surface area (Å²) in [6.07, 6.45) is 4.49. The molecule has 0 fully saturated rings. The minimum Gasteiger partial charge on any atom is -0.488 e. The van der Waals surface area contributed by atoms with Gasteiger partial charge in [0.2, 0.25) is 5.78 Å². The lowest BCUT2D eigenvalue weighted by molar-refractivity contribution is -0.162. The van der Waals surface area contributed by atoms with E-state index in [-0.39, 0.29) is 37.0 Å².